The van der Waals surface area contributed by atoms with E-state index in [1.54, 1.807) is 11.8 Å². The van der Waals surface area contributed by atoms with Gasteiger partial charge in [-0.1, -0.05) is 0 Å². The summed E-state index contributed by atoms with van der Waals surface area (Å²) in [7, 11) is -3.95. The van der Waals surface area contributed by atoms with Crippen LogP contribution in [0, 0.1) is 11.6 Å². The molecule has 10 heteroatoms. The number of rotatable bonds is 6. The summed E-state index contributed by atoms with van der Waals surface area (Å²) in [4.78, 5) is 13.8. The molecule has 0 saturated carbocycles. The number of halogens is 2. The average Bonchev–Trinajstić information content (AvgIpc) is 3.21. The normalized spacial score (nSPS) is 22.4. The van der Waals surface area contributed by atoms with Gasteiger partial charge >= 0.3 is 0 Å². The number of ether oxygens (including phenoxy) is 2. The average molecular weight is 418 g/mol. The number of carbonyl (C=O) groups is 1. The molecule has 156 valence electrons. The smallest absolute Gasteiger partial charge is 0.251 e. The Morgan fingerprint density at radius 2 is 1.96 bits per heavy atom. The van der Waals surface area contributed by atoms with Crippen LogP contribution in [0.1, 0.15) is 19.8 Å². The van der Waals surface area contributed by atoms with Gasteiger partial charge in [-0.2, -0.15) is 4.31 Å². The van der Waals surface area contributed by atoms with Gasteiger partial charge in [-0.3, -0.25) is 4.79 Å². The highest BCUT2D eigenvalue weighted by molar-refractivity contribution is 7.89. The number of amides is 1. The lowest BCUT2D eigenvalue weighted by Gasteiger charge is -2.35. The first-order valence-electron chi connectivity index (χ1n) is 9.26. The van der Waals surface area contributed by atoms with Crippen molar-refractivity contribution < 1.29 is 31.5 Å². The van der Waals surface area contributed by atoms with Crippen LogP contribution in [0.3, 0.4) is 0 Å². The lowest BCUT2D eigenvalue weighted by Crippen LogP contribution is -2.52. The molecule has 2 aliphatic heterocycles. The summed E-state index contributed by atoms with van der Waals surface area (Å²) >= 11 is 0. The number of piperazine rings is 1. The van der Waals surface area contributed by atoms with E-state index < -0.39 is 27.8 Å². The molecule has 0 aromatic heterocycles. The van der Waals surface area contributed by atoms with Gasteiger partial charge in [-0.15, -0.1) is 0 Å². The van der Waals surface area contributed by atoms with E-state index in [-0.39, 0.29) is 43.1 Å². The van der Waals surface area contributed by atoms with Crippen molar-refractivity contribution in [2.24, 2.45) is 0 Å². The molecule has 0 radical (unpaired) electrons. The van der Waals surface area contributed by atoms with Crippen molar-refractivity contribution in [1.82, 2.24) is 9.21 Å². The Hall–Kier alpha value is -1.62. The lowest BCUT2D eigenvalue weighted by molar-refractivity contribution is -0.145. The van der Waals surface area contributed by atoms with Crippen molar-refractivity contribution in [1.29, 1.82) is 0 Å². The third-order valence-electron chi connectivity index (χ3n) is 4.98. The van der Waals surface area contributed by atoms with Crippen LogP contribution in [-0.4, -0.2) is 75.1 Å². The summed E-state index contributed by atoms with van der Waals surface area (Å²) in [6.45, 7) is 3.30. The maximum Gasteiger partial charge on any atom is 0.251 e. The fourth-order valence-electron chi connectivity index (χ4n) is 3.29. The summed E-state index contributed by atoms with van der Waals surface area (Å²) in [5, 5.41) is 0. The van der Waals surface area contributed by atoms with E-state index in [0.717, 1.165) is 25.0 Å². The van der Waals surface area contributed by atoms with Crippen molar-refractivity contribution >= 4 is 15.9 Å². The van der Waals surface area contributed by atoms with E-state index in [1.165, 1.54) is 4.31 Å². The van der Waals surface area contributed by atoms with Crippen LogP contribution in [0.15, 0.2) is 23.1 Å². The van der Waals surface area contributed by atoms with Crippen molar-refractivity contribution in [2.45, 2.75) is 36.9 Å². The fraction of sp³-hybridized carbons (Fsp3) is 0.611. The third-order valence-corrected chi connectivity index (χ3v) is 6.88. The number of hydrogen-bond donors (Lipinski definition) is 0. The Balaban J connectivity index is 1.54. The minimum Gasteiger partial charge on any atom is -0.376 e. The van der Waals surface area contributed by atoms with Gasteiger partial charge in [0.1, 0.15) is 6.10 Å². The molecule has 0 bridgehead atoms. The Labute approximate surface area is 163 Å². The first kappa shape index (κ1) is 21.1. The van der Waals surface area contributed by atoms with Crippen LogP contribution in [0.25, 0.3) is 0 Å². The maximum absolute atomic E-state index is 13.4. The van der Waals surface area contributed by atoms with E-state index in [1.807, 2.05) is 0 Å². The monoisotopic (exact) mass is 418 g/mol. The number of sulfonamides is 1. The molecule has 2 heterocycles. The zero-order chi connectivity index (χ0) is 20.3. The van der Waals surface area contributed by atoms with Gasteiger partial charge in [0.05, 0.1) is 17.6 Å². The van der Waals surface area contributed by atoms with E-state index in [4.69, 9.17) is 9.47 Å². The zero-order valence-electron chi connectivity index (χ0n) is 15.6. The van der Waals surface area contributed by atoms with Crippen LogP contribution in [-0.2, 0) is 24.3 Å². The molecule has 2 fully saturated rings. The summed E-state index contributed by atoms with van der Waals surface area (Å²) in [6.07, 6.45) is 1.29. The lowest BCUT2D eigenvalue weighted by atomic mass is 10.2. The summed E-state index contributed by atoms with van der Waals surface area (Å²) in [5.41, 5.74) is 0. The van der Waals surface area contributed by atoms with Crippen LogP contribution < -0.4 is 0 Å². The molecule has 1 amide bonds. The fourth-order valence-corrected chi connectivity index (χ4v) is 4.73. The van der Waals surface area contributed by atoms with Gasteiger partial charge in [0, 0.05) is 32.8 Å². The Kier molecular flexibility index (Phi) is 6.64. The number of benzene rings is 1. The molecule has 3 rings (SSSR count). The highest BCUT2D eigenvalue weighted by Crippen LogP contribution is 2.20. The molecule has 0 spiro atoms. The quantitative estimate of drug-likeness (QED) is 0.698. The molecular formula is C18H24F2N2O5S. The second-order valence-corrected chi connectivity index (χ2v) is 8.85. The van der Waals surface area contributed by atoms with Gasteiger partial charge < -0.3 is 14.4 Å². The van der Waals surface area contributed by atoms with Crippen molar-refractivity contribution in [2.75, 3.05) is 39.4 Å². The molecule has 7 nitrogen and oxygen atoms in total. The minimum absolute atomic E-state index is 0.0216. The van der Waals surface area contributed by atoms with Gasteiger partial charge in [0.15, 0.2) is 11.6 Å². The maximum atomic E-state index is 13.4. The third kappa shape index (κ3) is 4.68. The number of hydrogen-bond acceptors (Lipinski definition) is 5. The molecule has 1 aromatic rings. The summed E-state index contributed by atoms with van der Waals surface area (Å²) in [5.74, 6) is -2.53. The molecule has 0 aliphatic carbocycles. The Bertz CT molecular complexity index is 806. The van der Waals surface area contributed by atoms with Gasteiger partial charge in [-0.05, 0) is 38.0 Å². The van der Waals surface area contributed by atoms with E-state index >= 15 is 0 Å². The van der Waals surface area contributed by atoms with Crippen molar-refractivity contribution in [3.63, 3.8) is 0 Å². The molecule has 2 aliphatic rings. The topological polar surface area (TPSA) is 76.2 Å². The standard InChI is InChI=1S/C18H24F2N2O5S/c1-13(27-12-14-3-2-10-26-14)18(23)21-6-8-22(9-7-21)28(24,25)15-4-5-16(19)17(20)11-15/h4-5,11,13-14H,2-3,6-10,12H2,1H3. The second-order valence-electron chi connectivity index (χ2n) is 6.92. The summed E-state index contributed by atoms with van der Waals surface area (Å²) in [6, 6.07) is 2.49. The molecule has 2 unspecified atom stereocenters. The number of carbonyl (C=O) groups excluding carboxylic acids is 1. The first-order valence-corrected chi connectivity index (χ1v) is 10.7. The Morgan fingerprint density at radius 3 is 2.57 bits per heavy atom. The van der Waals surface area contributed by atoms with Crippen molar-refractivity contribution in [3.8, 4) is 0 Å². The van der Waals surface area contributed by atoms with E-state index in [2.05, 4.69) is 0 Å². The highest BCUT2D eigenvalue weighted by atomic mass is 32.2. The van der Waals surface area contributed by atoms with E-state index in [9.17, 15) is 22.0 Å². The van der Waals surface area contributed by atoms with Crippen molar-refractivity contribution in [3.05, 3.63) is 29.8 Å². The highest BCUT2D eigenvalue weighted by Gasteiger charge is 2.32. The van der Waals surface area contributed by atoms with Gasteiger partial charge in [-0.25, -0.2) is 17.2 Å². The molecule has 2 saturated heterocycles. The minimum atomic E-state index is -3.95. The predicted octanol–water partition coefficient (Wildman–Crippen LogP) is 1.38. The van der Waals surface area contributed by atoms with Crippen LogP contribution in [0.5, 0.6) is 0 Å². The largest absolute Gasteiger partial charge is 0.376 e. The molecular weight excluding hydrogens is 394 g/mol. The van der Waals surface area contributed by atoms with Gasteiger partial charge in [0.2, 0.25) is 10.0 Å². The second kappa shape index (κ2) is 8.81. The van der Waals surface area contributed by atoms with E-state index in [0.29, 0.717) is 19.3 Å². The zero-order valence-corrected chi connectivity index (χ0v) is 16.5. The first-order chi connectivity index (χ1) is 13.3. The Morgan fingerprint density at radius 1 is 1.25 bits per heavy atom. The molecule has 2 atom stereocenters. The molecule has 1 aromatic carbocycles. The summed E-state index contributed by atoms with van der Waals surface area (Å²) < 4.78 is 63.9. The van der Waals surface area contributed by atoms with Gasteiger partial charge in [0.25, 0.3) is 5.91 Å². The van der Waals surface area contributed by atoms with Crippen LogP contribution in [0.2, 0.25) is 0 Å². The SMILES string of the molecule is CC(OCC1CCCO1)C(=O)N1CCN(S(=O)(=O)c2ccc(F)c(F)c2)CC1. The predicted molar refractivity (Wildman–Crippen MR) is 96.1 cm³/mol. The number of nitrogens with zero attached hydrogens (tertiary/aromatic N) is 2. The van der Waals surface area contributed by atoms with Crippen LogP contribution in [0.4, 0.5) is 8.78 Å². The molecule has 0 N–H and O–H groups in total. The van der Waals surface area contributed by atoms with Crippen LogP contribution >= 0.6 is 0 Å². The molecule has 28 heavy (non-hydrogen) atoms.